The van der Waals surface area contributed by atoms with Gasteiger partial charge in [0, 0.05) is 44.4 Å². The second kappa shape index (κ2) is 19.6. The number of aliphatic hydroxyl groups is 1. The van der Waals surface area contributed by atoms with E-state index in [1.807, 2.05) is 19.9 Å². The smallest absolute Gasteiger partial charge is 0.307 e. The summed E-state index contributed by atoms with van der Waals surface area (Å²) in [5.41, 5.74) is 0.102. The molecule has 3 saturated heterocycles. The number of hydrogen-bond donors (Lipinski definition) is 1. The molecule has 17 atom stereocenters. The number of likely N-dealkylation sites (N-methyl/N-ethyl adjacent to an activating group) is 1. The number of ketones is 1. The van der Waals surface area contributed by atoms with Gasteiger partial charge in [0.1, 0.15) is 12.2 Å². The number of aliphatic hydroxyl groups excluding tert-OH is 1. The molecule has 0 aromatic carbocycles. The Morgan fingerprint density at radius 3 is 2.41 bits per heavy atom. The van der Waals surface area contributed by atoms with Gasteiger partial charge in [-0.3, -0.25) is 9.59 Å². The molecular weight excluding hydrogens is 755 g/mol. The number of fused-ring (bicyclic) bond motifs is 5. The fourth-order valence-electron chi connectivity index (χ4n) is 11.4. The molecule has 2 saturated carbocycles. The quantitative estimate of drug-likeness (QED) is 0.168. The van der Waals surface area contributed by atoms with Crippen molar-refractivity contribution in [2.24, 2.45) is 41.4 Å². The molecule has 0 amide bonds. The van der Waals surface area contributed by atoms with Crippen molar-refractivity contribution in [3.63, 3.8) is 0 Å². The van der Waals surface area contributed by atoms with E-state index in [9.17, 15) is 14.7 Å². The van der Waals surface area contributed by atoms with Crippen LogP contribution in [0.4, 0.5) is 0 Å². The molecule has 332 valence electrons. The lowest BCUT2D eigenvalue weighted by Crippen LogP contribution is -2.57. The molecule has 7 rings (SSSR count). The summed E-state index contributed by atoms with van der Waals surface area (Å²) >= 11 is 0. The first-order valence-electron chi connectivity index (χ1n) is 22.8. The van der Waals surface area contributed by atoms with Crippen molar-refractivity contribution < 1.29 is 52.6 Å². The van der Waals surface area contributed by atoms with Crippen LogP contribution < -0.4 is 0 Å². The molecule has 9 unspecified atom stereocenters. The van der Waals surface area contributed by atoms with E-state index in [-0.39, 0.29) is 91.4 Å². The van der Waals surface area contributed by atoms with Crippen LogP contribution in [0.2, 0.25) is 0 Å². The molecule has 3 heterocycles. The average Bonchev–Trinajstić information content (AvgIpc) is 3.87. The summed E-state index contributed by atoms with van der Waals surface area (Å²) in [5, 5.41) is 10.6. The summed E-state index contributed by atoms with van der Waals surface area (Å²) in [7, 11) is 7.44. The molecular formula is C47H73NO11. The number of rotatable bonds is 13. The number of allylic oxidation sites excluding steroid dienone is 4. The van der Waals surface area contributed by atoms with E-state index in [4.69, 9.17) is 37.9 Å². The largest absolute Gasteiger partial charge is 0.458 e. The third kappa shape index (κ3) is 9.81. The zero-order valence-electron chi connectivity index (χ0n) is 36.9. The number of methoxy groups -OCH3 is 2. The first-order chi connectivity index (χ1) is 28.4. The lowest BCUT2D eigenvalue weighted by molar-refractivity contribution is -0.300. The third-order valence-electron chi connectivity index (χ3n) is 14.8. The predicted octanol–water partition coefficient (Wildman–Crippen LogP) is 6.19. The highest BCUT2D eigenvalue weighted by atomic mass is 16.7. The number of ether oxygens (including phenoxy) is 8. The maximum atomic E-state index is 15.0. The van der Waals surface area contributed by atoms with Gasteiger partial charge in [-0.05, 0) is 115 Å². The summed E-state index contributed by atoms with van der Waals surface area (Å²) in [4.78, 5) is 31.1. The first-order valence-corrected chi connectivity index (χ1v) is 22.8. The van der Waals surface area contributed by atoms with Gasteiger partial charge in [-0.1, -0.05) is 38.2 Å². The minimum Gasteiger partial charge on any atom is -0.458 e. The number of nitrogens with zero attached hydrogens (tertiary/aromatic N) is 1. The minimum absolute atomic E-state index is 0.00338. The van der Waals surface area contributed by atoms with Gasteiger partial charge in [0.15, 0.2) is 18.4 Å². The Bertz CT molecular complexity index is 1530. The Morgan fingerprint density at radius 2 is 1.73 bits per heavy atom. The molecule has 0 aromatic rings. The Morgan fingerprint density at radius 1 is 0.949 bits per heavy atom. The zero-order valence-corrected chi connectivity index (χ0v) is 36.9. The molecule has 0 spiro atoms. The van der Waals surface area contributed by atoms with Crippen LogP contribution in [0.5, 0.6) is 0 Å². The second-order valence-electron chi connectivity index (χ2n) is 18.9. The van der Waals surface area contributed by atoms with Crippen molar-refractivity contribution in [2.45, 2.75) is 165 Å². The summed E-state index contributed by atoms with van der Waals surface area (Å²) in [5.74, 6) is -1.01. The van der Waals surface area contributed by atoms with E-state index >= 15 is 0 Å². The normalized spacial score (nSPS) is 44.4. The van der Waals surface area contributed by atoms with Crippen LogP contribution in [0.15, 0.2) is 36.0 Å². The number of esters is 1. The van der Waals surface area contributed by atoms with Gasteiger partial charge >= 0.3 is 5.97 Å². The zero-order chi connectivity index (χ0) is 42.0. The molecule has 0 radical (unpaired) electrons. The van der Waals surface area contributed by atoms with E-state index in [1.165, 1.54) is 12.8 Å². The topological polar surface area (TPSA) is 131 Å². The Balaban J connectivity index is 1.17. The number of cyclic esters (lactones) is 1. The fraction of sp³-hybridized carbons (Fsp3) is 0.830. The first kappa shape index (κ1) is 45.0. The van der Waals surface area contributed by atoms with Gasteiger partial charge in [0.05, 0.1) is 61.7 Å². The van der Waals surface area contributed by atoms with Crippen LogP contribution in [0, 0.1) is 41.4 Å². The van der Waals surface area contributed by atoms with Gasteiger partial charge in [0.25, 0.3) is 0 Å². The van der Waals surface area contributed by atoms with E-state index < -0.39 is 29.8 Å². The van der Waals surface area contributed by atoms with E-state index in [0.717, 1.165) is 25.7 Å². The van der Waals surface area contributed by atoms with Crippen LogP contribution in [0.25, 0.3) is 0 Å². The Kier molecular flexibility index (Phi) is 15.0. The number of Topliss-reactive ketones (excluding diaryl/α,β-unsaturated/α-hetero) is 1. The summed E-state index contributed by atoms with van der Waals surface area (Å²) in [6.07, 6.45) is 16.1. The van der Waals surface area contributed by atoms with Crippen LogP contribution in [-0.4, -0.2) is 130 Å². The van der Waals surface area contributed by atoms with Crippen molar-refractivity contribution >= 4 is 11.8 Å². The molecule has 1 N–H and O–H groups in total. The lowest BCUT2D eigenvalue weighted by Gasteiger charge is -2.44. The summed E-state index contributed by atoms with van der Waals surface area (Å²) in [6.45, 7) is 8.63. The monoisotopic (exact) mass is 828 g/mol. The summed E-state index contributed by atoms with van der Waals surface area (Å²) < 4.78 is 51.2. The lowest BCUT2D eigenvalue weighted by atomic mass is 9.68. The van der Waals surface area contributed by atoms with Gasteiger partial charge in [0.2, 0.25) is 0 Å². The highest BCUT2D eigenvalue weighted by Gasteiger charge is 2.59. The summed E-state index contributed by atoms with van der Waals surface area (Å²) in [6, 6.07) is 0.313. The van der Waals surface area contributed by atoms with Gasteiger partial charge in [-0.2, -0.15) is 0 Å². The van der Waals surface area contributed by atoms with Crippen molar-refractivity contribution in [2.75, 3.05) is 41.5 Å². The third-order valence-corrected chi connectivity index (χ3v) is 14.8. The molecule has 3 aliphatic heterocycles. The van der Waals surface area contributed by atoms with Gasteiger partial charge < -0.3 is 47.9 Å². The SMILES string of the molecule is CC/C=C/[C@H]1CCC[C@H](OC2CCC(N(C)C)C(C)O2)[C@@H](C)C(=O)C2=C[C@@H]3[C@@H](C=CC4(OCC5CC5)C[C@@H](OC5OC(C)C(OC)C(OC)C5CO)C[C@@H]34)[C@@H]2CC(=O)O1. The highest BCUT2D eigenvalue weighted by molar-refractivity contribution is 5.99. The average molecular weight is 828 g/mol. The molecule has 5 fully saturated rings. The van der Waals surface area contributed by atoms with E-state index in [2.05, 4.69) is 57.1 Å². The van der Waals surface area contributed by atoms with Crippen molar-refractivity contribution in [3.8, 4) is 0 Å². The maximum absolute atomic E-state index is 15.0. The van der Waals surface area contributed by atoms with Crippen LogP contribution >= 0.6 is 0 Å². The van der Waals surface area contributed by atoms with Crippen molar-refractivity contribution in [3.05, 3.63) is 36.0 Å². The second-order valence-corrected chi connectivity index (χ2v) is 18.9. The Labute approximate surface area is 352 Å². The molecule has 0 bridgehead atoms. The number of hydrogen-bond acceptors (Lipinski definition) is 12. The van der Waals surface area contributed by atoms with Crippen LogP contribution in [-0.2, 0) is 47.5 Å². The molecule has 12 heteroatoms. The number of carbonyl (C=O) groups is 2. The number of carbonyl (C=O) groups excluding carboxylic acids is 2. The standard InChI is InChI=1S/C47H73NO11/c1-9-10-12-31-13-11-14-40(59-42-18-17-39(48(5)6)28(3)55-42)27(2)43(51)36-22-35-33(34(36)23-41(50)57-31)19-20-47(54-26-30-15-16-30)24-32(21-38(35)47)58-46-37(25-49)45(53-8)44(52-7)29(4)56-46/h10,12,19-20,22,27-35,37-40,42,44-46,49H,9,11,13-18,21,23-26H2,1-8H3/b12-10+/t27-,28?,29?,31+,32+,33+,34+,35-,37?,38+,39?,40+,42?,44?,45?,46?,47?/m1/s1. The molecule has 59 heavy (non-hydrogen) atoms. The maximum Gasteiger partial charge on any atom is 0.307 e. The molecule has 0 aromatic heterocycles. The van der Waals surface area contributed by atoms with Gasteiger partial charge in [-0.25, -0.2) is 0 Å². The predicted molar refractivity (Wildman–Crippen MR) is 221 cm³/mol. The molecule has 4 aliphatic carbocycles. The van der Waals surface area contributed by atoms with Crippen molar-refractivity contribution in [1.82, 2.24) is 4.90 Å². The van der Waals surface area contributed by atoms with Crippen LogP contribution in [0.3, 0.4) is 0 Å². The molecule has 7 aliphatic rings. The Hall–Kier alpha value is -2.00. The minimum atomic E-state index is -0.692. The van der Waals surface area contributed by atoms with Crippen LogP contribution in [0.1, 0.15) is 98.3 Å². The fourth-order valence-corrected chi connectivity index (χ4v) is 11.4. The van der Waals surface area contributed by atoms with E-state index in [0.29, 0.717) is 49.8 Å². The van der Waals surface area contributed by atoms with Gasteiger partial charge in [-0.15, -0.1) is 0 Å². The molecule has 12 nitrogen and oxygen atoms in total. The van der Waals surface area contributed by atoms with Crippen molar-refractivity contribution in [1.29, 1.82) is 0 Å². The highest BCUT2D eigenvalue weighted by Crippen LogP contribution is 2.57. The van der Waals surface area contributed by atoms with E-state index in [1.54, 1.807) is 14.2 Å².